The van der Waals surface area contributed by atoms with Gasteiger partial charge in [-0.2, -0.15) is 0 Å². The number of benzene rings is 2. The van der Waals surface area contributed by atoms with Crippen LogP contribution in [0.2, 0.25) is 0 Å². The third-order valence-electron chi connectivity index (χ3n) is 5.79. The second kappa shape index (κ2) is 11.8. The first-order chi connectivity index (χ1) is 17.6. The number of hydrogen-bond donors (Lipinski definition) is 0. The molecule has 0 N–H and O–H groups in total. The highest BCUT2D eigenvalue weighted by atomic mass is 79.9. The van der Waals surface area contributed by atoms with E-state index in [9.17, 15) is 14.4 Å². The van der Waals surface area contributed by atoms with Crippen molar-refractivity contribution in [2.75, 3.05) is 13.2 Å². The van der Waals surface area contributed by atoms with Gasteiger partial charge in [-0.25, -0.2) is 0 Å². The summed E-state index contributed by atoms with van der Waals surface area (Å²) in [5, 5.41) is -0.831. The lowest BCUT2D eigenvalue weighted by atomic mass is 9.92. The van der Waals surface area contributed by atoms with Crippen molar-refractivity contribution in [3.8, 4) is 11.5 Å². The van der Waals surface area contributed by atoms with Gasteiger partial charge in [-0.05, 0) is 41.3 Å². The molecule has 2 aliphatic rings. The Bertz CT molecular complexity index is 1180. The summed E-state index contributed by atoms with van der Waals surface area (Å²) >= 11 is 7.02. The van der Waals surface area contributed by atoms with Gasteiger partial charge in [0.2, 0.25) is 0 Å². The Balaban J connectivity index is 1.67. The largest absolute Gasteiger partial charge is 0.486 e. The first-order valence-electron chi connectivity index (χ1n) is 11.6. The molecule has 0 aromatic heterocycles. The molecule has 9 nitrogen and oxygen atoms in total. The smallest absolute Gasteiger partial charge is 0.303 e. The molecule has 2 heterocycles. The number of rotatable bonds is 6. The zero-order chi connectivity index (χ0) is 26.7. The summed E-state index contributed by atoms with van der Waals surface area (Å²) in [5.41, 5.74) is 2.63. The predicted octanol–water partition coefficient (Wildman–Crippen LogP) is 4.40. The average molecular weight is 642 g/mol. The van der Waals surface area contributed by atoms with E-state index in [1.54, 1.807) is 0 Å². The Morgan fingerprint density at radius 2 is 1.46 bits per heavy atom. The molecule has 1 fully saturated rings. The molecule has 1 saturated heterocycles. The van der Waals surface area contributed by atoms with Crippen LogP contribution < -0.4 is 9.47 Å². The molecule has 0 bridgehead atoms. The van der Waals surface area contributed by atoms with Crippen LogP contribution in [-0.2, 0) is 39.8 Å². The summed E-state index contributed by atoms with van der Waals surface area (Å²) in [5.74, 6) is -0.399. The highest BCUT2D eigenvalue weighted by Crippen LogP contribution is 2.40. The van der Waals surface area contributed by atoms with Gasteiger partial charge in [-0.15, -0.1) is 0 Å². The van der Waals surface area contributed by atoms with Crippen molar-refractivity contribution in [2.45, 2.75) is 56.6 Å². The summed E-state index contributed by atoms with van der Waals surface area (Å²) in [6.07, 6.45) is -3.45. The maximum Gasteiger partial charge on any atom is 0.303 e. The Labute approximate surface area is 230 Å². The van der Waals surface area contributed by atoms with Crippen LogP contribution in [-0.4, -0.2) is 54.4 Å². The fourth-order valence-electron chi connectivity index (χ4n) is 4.35. The summed E-state index contributed by atoms with van der Waals surface area (Å²) in [6, 6.07) is 11.4. The lowest BCUT2D eigenvalue weighted by molar-refractivity contribution is -0.232. The Kier molecular flexibility index (Phi) is 8.76. The molecule has 37 heavy (non-hydrogen) atoms. The van der Waals surface area contributed by atoms with Gasteiger partial charge in [-0.3, -0.25) is 14.4 Å². The first-order valence-corrected chi connectivity index (χ1v) is 13.3. The first kappa shape index (κ1) is 27.4. The SMILES string of the molecule is CC(=O)O[C@@H]1[C@@H](OC(C)=O)[C@H](c2ccc(Br)c(Cc3ccc4c(c3)OCCO4)c2)OC(Br)[C@H]1OC(C)=O. The van der Waals surface area contributed by atoms with E-state index in [-0.39, 0.29) is 0 Å². The van der Waals surface area contributed by atoms with Gasteiger partial charge in [-0.1, -0.05) is 50.1 Å². The Hall–Kier alpha value is -2.63. The van der Waals surface area contributed by atoms with Crippen LogP contribution in [0.3, 0.4) is 0 Å². The number of carbonyl (C=O) groups excluding carboxylic acids is 3. The number of esters is 3. The second-order valence-corrected chi connectivity index (χ2v) is 10.4. The predicted molar refractivity (Wildman–Crippen MR) is 138 cm³/mol. The molecular formula is C26H26Br2O9. The van der Waals surface area contributed by atoms with Crippen molar-refractivity contribution in [1.29, 1.82) is 0 Å². The van der Waals surface area contributed by atoms with Gasteiger partial charge < -0.3 is 28.4 Å². The molecule has 0 saturated carbocycles. The van der Waals surface area contributed by atoms with Gasteiger partial charge >= 0.3 is 17.9 Å². The highest BCUT2D eigenvalue weighted by molar-refractivity contribution is 9.10. The molecular weight excluding hydrogens is 616 g/mol. The Morgan fingerprint density at radius 1 is 0.838 bits per heavy atom. The van der Waals surface area contributed by atoms with Crippen LogP contribution in [0.25, 0.3) is 0 Å². The minimum Gasteiger partial charge on any atom is -0.486 e. The van der Waals surface area contributed by atoms with Crippen LogP contribution >= 0.6 is 31.9 Å². The molecule has 0 amide bonds. The molecule has 4 rings (SSSR count). The fourth-order valence-corrected chi connectivity index (χ4v) is 5.38. The third-order valence-corrected chi connectivity index (χ3v) is 7.30. The number of hydrogen-bond acceptors (Lipinski definition) is 9. The van der Waals surface area contributed by atoms with Gasteiger partial charge in [0.1, 0.15) is 19.3 Å². The van der Waals surface area contributed by atoms with Gasteiger partial charge in [0.15, 0.2) is 34.8 Å². The topological polar surface area (TPSA) is 107 Å². The van der Waals surface area contributed by atoms with Crippen molar-refractivity contribution in [3.05, 3.63) is 57.6 Å². The second-order valence-electron chi connectivity index (χ2n) is 8.64. The zero-order valence-corrected chi connectivity index (χ0v) is 23.6. The van der Waals surface area contributed by atoms with Crippen molar-refractivity contribution >= 4 is 49.8 Å². The molecule has 0 radical (unpaired) electrons. The Morgan fingerprint density at radius 3 is 2.14 bits per heavy atom. The van der Waals surface area contributed by atoms with Crippen LogP contribution in [0.4, 0.5) is 0 Å². The molecule has 5 atom stereocenters. The van der Waals surface area contributed by atoms with Gasteiger partial charge in [0, 0.05) is 25.2 Å². The zero-order valence-electron chi connectivity index (χ0n) is 20.4. The van der Waals surface area contributed by atoms with Crippen molar-refractivity contribution in [3.63, 3.8) is 0 Å². The van der Waals surface area contributed by atoms with E-state index in [0.29, 0.717) is 36.7 Å². The molecule has 11 heteroatoms. The minimum atomic E-state index is -1.10. The minimum absolute atomic E-state index is 0.498. The van der Waals surface area contributed by atoms with E-state index in [0.717, 1.165) is 15.6 Å². The summed E-state index contributed by atoms with van der Waals surface area (Å²) < 4.78 is 34.8. The maximum absolute atomic E-state index is 12.0. The molecule has 0 spiro atoms. The van der Waals surface area contributed by atoms with Crippen molar-refractivity contribution in [1.82, 2.24) is 0 Å². The fraction of sp³-hybridized carbons (Fsp3) is 0.423. The van der Waals surface area contributed by atoms with Crippen molar-refractivity contribution in [2.24, 2.45) is 0 Å². The van der Waals surface area contributed by atoms with Crippen LogP contribution in [0.15, 0.2) is 40.9 Å². The lowest BCUT2D eigenvalue weighted by Crippen LogP contribution is -2.56. The van der Waals surface area contributed by atoms with Crippen LogP contribution in [0.5, 0.6) is 11.5 Å². The monoisotopic (exact) mass is 640 g/mol. The third kappa shape index (κ3) is 6.63. The average Bonchev–Trinajstić information content (AvgIpc) is 2.83. The number of fused-ring (bicyclic) bond motifs is 1. The summed E-state index contributed by atoms with van der Waals surface area (Å²) in [6.45, 7) is 4.73. The van der Waals surface area contributed by atoms with Crippen LogP contribution in [0, 0.1) is 0 Å². The van der Waals surface area contributed by atoms with E-state index in [1.807, 2.05) is 36.4 Å². The highest BCUT2D eigenvalue weighted by Gasteiger charge is 2.51. The normalized spacial score (nSPS) is 24.6. The number of halogens is 2. The maximum atomic E-state index is 12.0. The summed E-state index contributed by atoms with van der Waals surface area (Å²) in [7, 11) is 0. The van der Waals surface area contributed by atoms with E-state index in [1.165, 1.54) is 20.8 Å². The van der Waals surface area contributed by atoms with Gasteiger partial charge in [0.25, 0.3) is 0 Å². The number of carbonyl (C=O) groups is 3. The van der Waals surface area contributed by atoms with Gasteiger partial charge in [0.05, 0.1) is 0 Å². The number of ether oxygens (including phenoxy) is 6. The quantitative estimate of drug-likeness (QED) is 0.258. The lowest BCUT2D eigenvalue weighted by Gasteiger charge is -2.43. The van der Waals surface area contributed by atoms with E-state index < -0.39 is 47.3 Å². The molecule has 2 aliphatic heterocycles. The van der Waals surface area contributed by atoms with E-state index >= 15 is 0 Å². The molecule has 2 aromatic rings. The molecule has 0 aliphatic carbocycles. The number of alkyl halides is 1. The van der Waals surface area contributed by atoms with E-state index in [4.69, 9.17) is 28.4 Å². The molecule has 2 aromatic carbocycles. The molecule has 1 unspecified atom stereocenters. The van der Waals surface area contributed by atoms with E-state index in [2.05, 4.69) is 31.9 Å². The summed E-state index contributed by atoms with van der Waals surface area (Å²) in [4.78, 5) is 35.7. The standard InChI is InChI=1S/C26H26Br2O9/c1-13(29)34-23-22(37-26(28)25(36-15(3)31)24(23)35-14(2)30)17-5-6-19(27)18(12-17)10-16-4-7-20-21(11-16)33-9-8-32-20/h4-7,11-12,22-26H,8-10H2,1-3H3/t22-,23-,24+,25-,26?/m0/s1. The molecule has 198 valence electrons. The van der Waals surface area contributed by atoms with Crippen molar-refractivity contribution < 1.29 is 42.8 Å². The van der Waals surface area contributed by atoms with Crippen LogP contribution in [0.1, 0.15) is 43.6 Å².